The summed E-state index contributed by atoms with van der Waals surface area (Å²) in [5, 5.41) is 19.6. The van der Waals surface area contributed by atoms with Crippen molar-refractivity contribution in [2.24, 2.45) is 0 Å². The Morgan fingerprint density at radius 3 is 2.71 bits per heavy atom. The van der Waals surface area contributed by atoms with Crippen LogP contribution in [0.3, 0.4) is 0 Å². The highest BCUT2D eigenvalue weighted by Gasteiger charge is 2.20. The van der Waals surface area contributed by atoms with Gasteiger partial charge in [-0.3, -0.25) is 14.9 Å². The topological polar surface area (TPSA) is 83.7 Å². The van der Waals surface area contributed by atoms with Gasteiger partial charge in [-0.2, -0.15) is 0 Å². The molecule has 1 aromatic rings. The predicted octanol–water partition coefficient (Wildman–Crippen LogP) is 2.27. The van der Waals surface area contributed by atoms with Crippen molar-refractivity contribution in [3.05, 3.63) is 32.8 Å². The van der Waals surface area contributed by atoms with E-state index >= 15 is 0 Å². The molecule has 1 rings (SSSR count). The van der Waals surface area contributed by atoms with Crippen LogP contribution in [0.15, 0.2) is 22.7 Å². The Morgan fingerprint density at radius 2 is 2.24 bits per heavy atom. The van der Waals surface area contributed by atoms with E-state index in [2.05, 4.69) is 15.9 Å². The Bertz CT molecular complexity index is 450. The summed E-state index contributed by atoms with van der Waals surface area (Å²) in [5.41, 5.74) is 0.200. The molecule has 0 aliphatic carbocycles. The second-order valence-corrected chi connectivity index (χ2v) is 4.21. The maximum Gasteiger partial charge on any atom is 0.323 e. The summed E-state index contributed by atoms with van der Waals surface area (Å²) in [4.78, 5) is 22.5. The first-order valence-corrected chi connectivity index (χ1v) is 5.65. The number of carbonyl (C=O) groups is 1. The van der Waals surface area contributed by atoms with Gasteiger partial charge in [-0.05, 0) is 19.1 Å². The minimum Gasteiger partial charge on any atom is -0.480 e. The lowest BCUT2D eigenvalue weighted by atomic mass is 10.2. The zero-order chi connectivity index (χ0) is 13.0. The average molecular weight is 303 g/mol. The van der Waals surface area contributed by atoms with Gasteiger partial charge in [0.15, 0.2) is 0 Å². The number of nitro groups is 1. The van der Waals surface area contributed by atoms with Crippen molar-refractivity contribution in [3.8, 4) is 0 Å². The van der Waals surface area contributed by atoms with Gasteiger partial charge in [0, 0.05) is 17.1 Å². The Kier molecular flexibility index (Phi) is 4.45. The lowest BCUT2D eigenvalue weighted by molar-refractivity contribution is -0.384. The predicted molar refractivity (Wildman–Crippen MR) is 66.3 cm³/mol. The van der Waals surface area contributed by atoms with E-state index < -0.39 is 10.9 Å². The smallest absolute Gasteiger partial charge is 0.323 e. The van der Waals surface area contributed by atoms with Gasteiger partial charge in [0.2, 0.25) is 0 Å². The SMILES string of the molecule is CCN(CC(=O)O)c1cc(Br)ccc1[N+](=O)[O-]. The van der Waals surface area contributed by atoms with Crippen LogP contribution in [0.4, 0.5) is 11.4 Å². The van der Waals surface area contributed by atoms with E-state index in [9.17, 15) is 14.9 Å². The molecule has 17 heavy (non-hydrogen) atoms. The normalized spacial score (nSPS) is 10.0. The van der Waals surface area contributed by atoms with E-state index in [0.717, 1.165) is 0 Å². The van der Waals surface area contributed by atoms with Crippen LogP contribution in [0.25, 0.3) is 0 Å². The number of carboxylic acids is 1. The van der Waals surface area contributed by atoms with Crippen molar-refractivity contribution >= 4 is 33.3 Å². The van der Waals surface area contributed by atoms with Gasteiger partial charge >= 0.3 is 5.97 Å². The number of nitrogens with zero attached hydrogens (tertiary/aromatic N) is 2. The zero-order valence-corrected chi connectivity index (χ0v) is 10.7. The van der Waals surface area contributed by atoms with Gasteiger partial charge in [-0.1, -0.05) is 15.9 Å². The average Bonchev–Trinajstić information content (AvgIpc) is 2.25. The maximum atomic E-state index is 10.9. The summed E-state index contributed by atoms with van der Waals surface area (Å²) in [6.07, 6.45) is 0. The largest absolute Gasteiger partial charge is 0.480 e. The van der Waals surface area contributed by atoms with Gasteiger partial charge in [0.25, 0.3) is 5.69 Å². The third kappa shape index (κ3) is 3.42. The van der Waals surface area contributed by atoms with Crippen LogP contribution in [0.5, 0.6) is 0 Å². The number of nitro benzene ring substituents is 1. The van der Waals surface area contributed by atoms with Crippen LogP contribution in [-0.4, -0.2) is 29.1 Å². The van der Waals surface area contributed by atoms with E-state index in [0.29, 0.717) is 16.7 Å². The first kappa shape index (κ1) is 13.4. The van der Waals surface area contributed by atoms with Crippen molar-refractivity contribution in [2.75, 3.05) is 18.0 Å². The summed E-state index contributed by atoms with van der Waals surface area (Å²) in [6, 6.07) is 4.45. The van der Waals surface area contributed by atoms with Crippen LogP contribution in [0, 0.1) is 10.1 Å². The lowest BCUT2D eigenvalue weighted by Crippen LogP contribution is -2.29. The first-order chi connectivity index (χ1) is 7.95. The first-order valence-electron chi connectivity index (χ1n) is 4.86. The zero-order valence-electron chi connectivity index (χ0n) is 9.09. The fourth-order valence-corrected chi connectivity index (χ4v) is 1.78. The number of rotatable bonds is 5. The minimum atomic E-state index is -1.03. The van der Waals surface area contributed by atoms with Crippen LogP contribution in [-0.2, 0) is 4.79 Å². The third-order valence-electron chi connectivity index (χ3n) is 2.18. The molecular weight excluding hydrogens is 292 g/mol. The van der Waals surface area contributed by atoms with E-state index in [4.69, 9.17) is 5.11 Å². The lowest BCUT2D eigenvalue weighted by Gasteiger charge is -2.20. The second-order valence-electron chi connectivity index (χ2n) is 3.30. The fraction of sp³-hybridized carbons (Fsp3) is 0.300. The summed E-state index contributed by atoms with van der Waals surface area (Å²) in [6.45, 7) is 1.85. The van der Waals surface area contributed by atoms with Gasteiger partial charge < -0.3 is 10.0 Å². The van der Waals surface area contributed by atoms with Crippen LogP contribution >= 0.6 is 15.9 Å². The molecule has 0 saturated carbocycles. The number of hydrogen-bond acceptors (Lipinski definition) is 4. The molecule has 0 unspecified atom stereocenters. The second kappa shape index (κ2) is 5.62. The van der Waals surface area contributed by atoms with Crippen molar-refractivity contribution in [1.82, 2.24) is 0 Å². The highest BCUT2D eigenvalue weighted by molar-refractivity contribution is 9.10. The Labute approximate surface area is 106 Å². The number of anilines is 1. The molecule has 1 aromatic carbocycles. The van der Waals surface area contributed by atoms with Crippen molar-refractivity contribution < 1.29 is 14.8 Å². The molecule has 0 atom stereocenters. The molecule has 6 nitrogen and oxygen atoms in total. The molecule has 0 radical (unpaired) electrons. The molecular formula is C10H11BrN2O4. The van der Waals surface area contributed by atoms with E-state index in [-0.39, 0.29) is 12.2 Å². The highest BCUT2D eigenvalue weighted by Crippen LogP contribution is 2.30. The highest BCUT2D eigenvalue weighted by atomic mass is 79.9. The van der Waals surface area contributed by atoms with Crippen LogP contribution in [0.2, 0.25) is 0 Å². The summed E-state index contributed by atoms with van der Waals surface area (Å²) >= 11 is 3.21. The number of aliphatic carboxylic acids is 1. The molecule has 92 valence electrons. The van der Waals surface area contributed by atoms with E-state index in [1.807, 2.05) is 0 Å². The minimum absolute atomic E-state index is 0.101. The third-order valence-corrected chi connectivity index (χ3v) is 2.68. The molecule has 7 heteroatoms. The number of likely N-dealkylation sites (N-methyl/N-ethyl adjacent to an activating group) is 1. The Morgan fingerprint density at radius 1 is 1.59 bits per heavy atom. The summed E-state index contributed by atoms with van der Waals surface area (Å²) in [5.74, 6) is -1.03. The molecule has 0 aromatic heterocycles. The number of benzene rings is 1. The van der Waals surface area contributed by atoms with Crippen LogP contribution in [0.1, 0.15) is 6.92 Å². The van der Waals surface area contributed by atoms with Crippen molar-refractivity contribution in [1.29, 1.82) is 0 Å². The summed E-state index contributed by atoms with van der Waals surface area (Å²) < 4.78 is 0.668. The molecule has 1 N–H and O–H groups in total. The standard InChI is InChI=1S/C10H11BrN2O4/c1-2-12(6-10(14)15)9-5-7(11)3-4-8(9)13(16)17/h3-5H,2,6H2,1H3,(H,14,15). The van der Waals surface area contributed by atoms with Gasteiger partial charge in [0.1, 0.15) is 12.2 Å². The number of carboxylic acid groups (broad SMARTS) is 1. The van der Waals surface area contributed by atoms with Gasteiger partial charge in [0.05, 0.1) is 4.92 Å². The number of hydrogen-bond donors (Lipinski definition) is 1. The van der Waals surface area contributed by atoms with Gasteiger partial charge in [-0.25, -0.2) is 0 Å². The molecule has 0 spiro atoms. The van der Waals surface area contributed by atoms with E-state index in [1.165, 1.54) is 11.0 Å². The van der Waals surface area contributed by atoms with Crippen LogP contribution < -0.4 is 4.90 Å². The Balaban J connectivity index is 3.20. The summed E-state index contributed by atoms with van der Waals surface area (Å²) in [7, 11) is 0. The van der Waals surface area contributed by atoms with Gasteiger partial charge in [-0.15, -0.1) is 0 Å². The van der Waals surface area contributed by atoms with Crippen molar-refractivity contribution in [2.45, 2.75) is 6.92 Å². The molecule has 0 saturated heterocycles. The maximum absolute atomic E-state index is 10.9. The quantitative estimate of drug-likeness (QED) is 0.666. The molecule has 0 amide bonds. The fourth-order valence-electron chi connectivity index (χ4n) is 1.43. The monoisotopic (exact) mass is 302 g/mol. The molecule has 0 fully saturated rings. The molecule has 0 aliphatic heterocycles. The molecule has 0 aliphatic rings. The molecule has 0 bridgehead atoms. The van der Waals surface area contributed by atoms with Crippen molar-refractivity contribution in [3.63, 3.8) is 0 Å². The number of halogens is 1. The molecule has 0 heterocycles. The van der Waals surface area contributed by atoms with E-state index in [1.54, 1.807) is 19.1 Å². The Hall–Kier alpha value is -1.63.